The zero-order chi connectivity index (χ0) is 13.7. The van der Waals surface area contributed by atoms with Crippen LogP contribution in [0.1, 0.15) is 37.8 Å². The van der Waals surface area contributed by atoms with Gasteiger partial charge in [-0.05, 0) is 18.8 Å². The second-order valence-corrected chi connectivity index (χ2v) is 5.66. The Balaban J connectivity index is 1.81. The number of rotatable bonds is 5. The average molecular weight is 282 g/mol. The molecule has 1 saturated carbocycles. The van der Waals surface area contributed by atoms with E-state index < -0.39 is 0 Å². The van der Waals surface area contributed by atoms with Gasteiger partial charge in [0.2, 0.25) is 5.91 Å². The Hall–Kier alpha value is -1.43. The van der Waals surface area contributed by atoms with Crippen LogP contribution in [-0.2, 0) is 20.7 Å². The minimum atomic E-state index is -0.325. The fourth-order valence-electron chi connectivity index (χ4n) is 2.31. The van der Waals surface area contributed by atoms with Gasteiger partial charge in [-0.3, -0.25) is 9.59 Å². The van der Waals surface area contributed by atoms with Crippen LogP contribution in [0.4, 0.5) is 5.13 Å². The van der Waals surface area contributed by atoms with E-state index in [2.05, 4.69) is 15.0 Å². The fourth-order valence-corrected chi connectivity index (χ4v) is 3.04. The smallest absolute Gasteiger partial charge is 0.311 e. The van der Waals surface area contributed by atoms with Gasteiger partial charge in [0.05, 0.1) is 19.2 Å². The summed E-state index contributed by atoms with van der Waals surface area (Å²) in [6, 6.07) is 0. The number of anilines is 1. The van der Waals surface area contributed by atoms with E-state index in [1.165, 1.54) is 31.3 Å². The van der Waals surface area contributed by atoms with E-state index >= 15 is 0 Å². The SMILES string of the molecule is COC(=O)Cc1csc(NC(=O)CC2CCCC2)n1. The second-order valence-electron chi connectivity index (χ2n) is 4.80. The van der Waals surface area contributed by atoms with Gasteiger partial charge in [0.25, 0.3) is 0 Å². The molecule has 1 fully saturated rings. The molecule has 1 heterocycles. The highest BCUT2D eigenvalue weighted by atomic mass is 32.1. The van der Waals surface area contributed by atoms with Crippen LogP contribution in [0.5, 0.6) is 0 Å². The standard InChI is InChI=1S/C13H18N2O3S/c1-18-12(17)7-10-8-19-13(14-10)15-11(16)6-9-4-2-3-5-9/h8-9H,2-7H2,1H3,(H,14,15,16). The first-order chi connectivity index (χ1) is 9.17. The number of hydrogen-bond donors (Lipinski definition) is 1. The second kappa shape index (κ2) is 6.65. The van der Waals surface area contributed by atoms with Crippen molar-refractivity contribution in [1.82, 2.24) is 4.98 Å². The summed E-state index contributed by atoms with van der Waals surface area (Å²) in [5.74, 6) is 0.217. The van der Waals surface area contributed by atoms with Crippen molar-refractivity contribution in [1.29, 1.82) is 0 Å². The van der Waals surface area contributed by atoms with Gasteiger partial charge in [-0.25, -0.2) is 4.98 Å². The molecule has 0 aromatic carbocycles. The molecule has 5 nitrogen and oxygen atoms in total. The molecule has 19 heavy (non-hydrogen) atoms. The zero-order valence-corrected chi connectivity index (χ0v) is 11.8. The summed E-state index contributed by atoms with van der Waals surface area (Å²) >= 11 is 1.34. The Morgan fingerprint density at radius 2 is 2.21 bits per heavy atom. The number of carbonyl (C=O) groups is 2. The maximum absolute atomic E-state index is 11.8. The van der Waals surface area contributed by atoms with Crippen molar-refractivity contribution in [3.63, 3.8) is 0 Å². The van der Waals surface area contributed by atoms with E-state index in [9.17, 15) is 9.59 Å². The van der Waals surface area contributed by atoms with Crippen molar-refractivity contribution in [2.75, 3.05) is 12.4 Å². The first-order valence-electron chi connectivity index (χ1n) is 6.48. The number of amides is 1. The average Bonchev–Trinajstić information content (AvgIpc) is 3.01. The van der Waals surface area contributed by atoms with Gasteiger partial charge >= 0.3 is 5.97 Å². The van der Waals surface area contributed by atoms with Gasteiger partial charge in [0.15, 0.2) is 5.13 Å². The van der Waals surface area contributed by atoms with Crippen molar-refractivity contribution < 1.29 is 14.3 Å². The molecule has 0 saturated heterocycles. The number of aromatic nitrogens is 1. The van der Waals surface area contributed by atoms with Gasteiger partial charge in [0.1, 0.15) is 0 Å². The van der Waals surface area contributed by atoms with E-state index in [1.54, 1.807) is 5.38 Å². The Kier molecular flexibility index (Phi) is 4.90. The third-order valence-corrected chi connectivity index (χ3v) is 4.11. The molecular formula is C13H18N2O3S. The van der Waals surface area contributed by atoms with Crippen molar-refractivity contribution in [3.8, 4) is 0 Å². The Labute approximate surface area is 116 Å². The number of carbonyl (C=O) groups excluding carboxylic acids is 2. The van der Waals surface area contributed by atoms with E-state index in [4.69, 9.17) is 0 Å². The van der Waals surface area contributed by atoms with Crippen LogP contribution < -0.4 is 5.32 Å². The molecule has 0 unspecified atom stereocenters. The highest BCUT2D eigenvalue weighted by Gasteiger charge is 2.19. The van der Waals surface area contributed by atoms with Gasteiger partial charge in [0, 0.05) is 11.8 Å². The highest BCUT2D eigenvalue weighted by molar-refractivity contribution is 7.13. The normalized spacial score (nSPS) is 15.4. The summed E-state index contributed by atoms with van der Waals surface area (Å²) in [6.07, 6.45) is 5.49. The van der Waals surface area contributed by atoms with Crippen molar-refractivity contribution in [2.24, 2.45) is 5.92 Å². The van der Waals surface area contributed by atoms with E-state index in [1.807, 2.05) is 0 Å². The monoisotopic (exact) mass is 282 g/mol. The lowest BCUT2D eigenvalue weighted by atomic mass is 10.0. The number of esters is 1. The number of nitrogens with zero attached hydrogens (tertiary/aromatic N) is 1. The topological polar surface area (TPSA) is 68.3 Å². The lowest BCUT2D eigenvalue weighted by Crippen LogP contribution is -2.15. The Morgan fingerprint density at radius 1 is 1.47 bits per heavy atom. The summed E-state index contributed by atoms with van der Waals surface area (Å²) in [4.78, 5) is 27.1. The molecule has 1 aliphatic carbocycles. The molecule has 1 aliphatic rings. The van der Waals surface area contributed by atoms with Crippen LogP contribution in [0.15, 0.2) is 5.38 Å². The van der Waals surface area contributed by atoms with Crippen LogP contribution in [0.3, 0.4) is 0 Å². The van der Waals surface area contributed by atoms with E-state index in [0.717, 1.165) is 12.8 Å². The lowest BCUT2D eigenvalue weighted by molar-refractivity contribution is -0.139. The summed E-state index contributed by atoms with van der Waals surface area (Å²) < 4.78 is 4.57. The molecule has 0 aliphatic heterocycles. The van der Waals surface area contributed by atoms with Gasteiger partial charge < -0.3 is 10.1 Å². The lowest BCUT2D eigenvalue weighted by Gasteiger charge is -2.07. The number of thiazole rings is 1. The largest absolute Gasteiger partial charge is 0.469 e. The number of ether oxygens (including phenoxy) is 1. The molecule has 6 heteroatoms. The van der Waals surface area contributed by atoms with E-state index in [-0.39, 0.29) is 18.3 Å². The van der Waals surface area contributed by atoms with Crippen LogP contribution >= 0.6 is 11.3 Å². The molecule has 1 aromatic heterocycles. The first-order valence-corrected chi connectivity index (χ1v) is 7.36. The maximum Gasteiger partial charge on any atom is 0.311 e. The molecule has 1 aromatic rings. The number of hydrogen-bond acceptors (Lipinski definition) is 5. The molecule has 1 N–H and O–H groups in total. The zero-order valence-electron chi connectivity index (χ0n) is 11.0. The molecule has 0 radical (unpaired) electrons. The van der Waals surface area contributed by atoms with Gasteiger partial charge in [-0.15, -0.1) is 11.3 Å². The Bertz CT molecular complexity index is 452. The molecule has 104 valence electrons. The van der Waals surface area contributed by atoms with Crippen molar-refractivity contribution in [3.05, 3.63) is 11.1 Å². The third kappa shape index (κ3) is 4.31. The van der Waals surface area contributed by atoms with Gasteiger partial charge in [-0.1, -0.05) is 12.8 Å². The summed E-state index contributed by atoms with van der Waals surface area (Å²) in [6.45, 7) is 0. The highest BCUT2D eigenvalue weighted by Crippen LogP contribution is 2.28. The molecule has 0 atom stereocenters. The van der Waals surface area contributed by atoms with Crippen LogP contribution in [0.2, 0.25) is 0 Å². The summed E-state index contributed by atoms with van der Waals surface area (Å²) in [5.41, 5.74) is 0.632. The number of nitrogens with one attached hydrogen (secondary N) is 1. The van der Waals surface area contributed by atoms with Crippen molar-refractivity contribution >= 4 is 28.3 Å². The summed E-state index contributed by atoms with van der Waals surface area (Å²) in [7, 11) is 1.35. The predicted molar refractivity (Wildman–Crippen MR) is 73.0 cm³/mol. The van der Waals surface area contributed by atoms with Crippen LogP contribution in [-0.4, -0.2) is 24.0 Å². The van der Waals surface area contributed by atoms with Gasteiger partial charge in [-0.2, -0.15) is 0 Å². The molecular weight excluding hydrogens is 264 g/mol. The third-order valence-electron chi connectivity index (χ3n) is 3.30. The van der Waals surface area contributed by atoms with Crippen LogP contribution in [0, 0.1) is 5.92 Å². The molecule has 0 spiro atoms. The molecule has 1 amide bonds. The Morgan fingerprint density at radius 3 is 2.89 bits per heavy atom. The molecule has 0 bridgehead atoms. The van der Waals surface area contributed by atoms with Crippen molar-refractivity contribution in [2.45, 2.75) is 38.5 Å². The minimum absolute atomic E-state index is 0.0193. The molecule has 2 rings (SSSR count). The van der Waals surface area contributed by atoms with Crippen LogP contribution in [0.25, 0.3) is 0 Å². The quantitative estimate of drug-likeness (QED) is 0.842. The first kappa shape index (κ1) is 14.0. The fraction of sp³-hybridized carbons (Fsp3) is 0.615. The predicted octanol–water partition coefficient (Wildman–Crippen LogP) is 2.38. The summed E-state index contributed by atoms with van der Waals surface area (Å²) in [5, 5.41) is 5.12. The maximum atomic E-state index is 11.8. The number of methoxy groups -OCH3 is 1. The minimum Gasteiger partial charge on any atom is -0.469 e. The van der Waals surface area contributed by atoms with E-state index in [0.29, 0.717) is 23.2 Å².